The molecule has 1 saturated heterocycles. The van der Waals surface area contributed by atoms with E-state index in [2.05, 4.69) is 10.4 Å². The third kappa shape index (κ3) is 5.37. The Hall–Kier alpha value is -1.31. The summed E-state index contributed by atoms with van der Waals surface area (Å²) in [7, 11) is 1.66. The van der Waals surface area contributed by atoms with E-state index < -0.39 is 6.04 Å². The van der Waals surface area contributed by atoms with Crippen LogP contribution in [0.3, 0.4) is 0 Å². The van der Waals surface area contributed by atoms with Gasteiger partial charge in [-0.25, -0.2) is 0 Å². The van der Waals surface area contributed by atoms with E-state index in [-0.39, 0.29) is 49.2 Å². The molecular formula is C14H25Cl2N5O2. The lowest BCUT2D eigenvalue weighted by Gasteiger charge is -2.35. The standard InChI is InChI=1S/C14H23N5O2.2ClH/c1-11-9-15-6-8-18(11)13(20)10-17(3)14(21)12(2)19-7-4-5-16-19;;/h4-5,7,11-12,15H,6,8-10H2,1-3H3;2*1H/t11-,12?;;/m1../s1. The summed E-state index contributed by atoms with van der Waals surface area (Å²) in [6, 6.07) is 1.54. The Labute approximate surface area is 149 Å². The summed E-state index contributed by atoms with van der Waals surface area (Å²) in [4.78, 5) is 27.9. The van der Waals surface area contributed by atoms with E-state index >= 15 is 0 Å². The second-order valence-corrected chi connectivity index (χ2v) is 5.50. The van der Waals surface area contributed by atoms with Gasteiger partial charge >= 0.3 is 0 Å². The van der Waals surface area contributed by atoms with Gasteiger partial charge in [0.25, 0.3) is 0 Å². The third-order valence-electron chi connectivity index (χ3n) is 3.85. The molecule has 0 radical (unpaired) electrons. The summed E-state index contributed by atoms with van der Waals surface area (Å²) >= 11 is 0. The minimum atomic E-state index is -0.404. The summed E-state index contributed by atoms with van der Waals surface area (Å²) in [6.45, 7) is 6.19. The highest BCUT2D eigenvalue weighted by Crippen LogP contribution is 2.09. The quantitative estimate of drug-likeness (QED) is 0.846. The van der Waals surface area contributed by atoms with Crippen LogP contribution in [-0.4, -0.2) is 70.7 Å². The van der Waals surface area contributed by atoms with Crippen LogP contribution in [0.15, 0.2) is 18.5 Å². The number of amides is 2. The molecule has 2 atom stereocenters. The molecule has 23 heavy (non-hydrogen) atoms. The molecular weight excluding hydrogens is 341 g/mol. The van der Waals surface area contributed by atoms with Crippen LogP contribution >= 0.6 is 24.8 Å². The molecule has 0 bridgehead atoms. The average Bonchev–Trinajstić information content (AvgIpc) is 3.00. The molecule has 1 unspecified atom stereocenters. The molecule has 2 amide bonds. The molecule has 1 aromatic rings. The van der Waals surface area contributed by atoms with Crippen molar-refractivity contribution in [1.82, 2.24) is 24.9 Å². The van der Waals surface area contributed by atoms with Crippen molar-refractivity contribution in [2.45, 2.75) is 25.9 Å². The first kappa shape index (κ1) is 21.7. The molecule has 0 saturated carbocycles. The number of hydrogen-bond donors (Lipinski definition) is 1. The molecule has 1 aromatic heterocycles. The van der Waals surface area contributed by atoms with Gasteiger partial charge in [-0.15, -0.1) is 24.8 Å². The predicted octanol–water partition coefficient (Wildman–Crippen LogP) is 0.566. The van der Waals surface area contributed by atoms with Gasteiger partial charge in [0.15, 0.2) is 0 Å². The lowest BCUT2D eigenvalue weighted by Crippen LogP contribution is -2.54. The highest BCUT2D eigenvalue weighted by molar-refractivity contribution is 5.86. The van der Waals surface area contributed by atoms with Gasteiger partial charge in [-0.2, -0.15) is 5.10 Å². The average molecular weight is 366 g/mol. The van der Waals surface area contributed by atoms with Gasteiger partial charge in [0.2, 0.25) is 11.8 Å². The number of likely N-dealkylation sites (N-methyl/N-ethyl adjacent to an activating group) is 1. The monoisotopic (exact) mass is 365 g/mol. The van der Waals surface area contributed by atoms with Crippen LogP contribution in [0.1, 0.15) is 19.9 Å². The van der Waals surface area contributed by atoms with Crippen LogP contribution in [0.2, 0.25) is 0 Å². The van der Waals surface area contributed by atoms with Gasteiger partial charge < -0.3 is 15.1 Å². The molecule has 1 aliphatic rings. The number of piperazine rings is 1. The maximum atomic E-state index is 12.3. The minimum absolute atomic E-state index is 0. The first-order valence-corrected chi connectivity index (χ1v) is 7.25. The predicted molar refractivity (Wildman–Crippen MR) is 93.1 cm³/mol. The number of halogens is 2. The molecule has 2 heterocycles. The highest BCUT2D eigenvalue weighted by Gasteiger charge is 2.26. The van der Waals surface area contributed by atoms with E-state index in [1.54, 1.807) is 37.1 Å². The second kappa shape index (κ2) is 9.75. The van der Waals surface area contributed by atoms with Crippen molar-refractivity contribution in [1.29, 1.82) is 0 Å². The summed E-state index contributed by atoms with van der Waals surface area (Å²) in [5, 5.41) is 7.31. The van der Waals surface area contributed by atoms with Crippen LogP contribution in [0.4, 0.5) is 0 Å². The van der Waals surface area contributed by atoms with Crippen LogP contribution in [-0.2, 0) is 9.59 Å². The Kier molecular flexibility index (Phi) is 9.19. The first-order valence-electron chi connectivity index (χ1n) is 7.25. The Morgan fingerprint density at radius 2 is 2.13 bits per heavy atom. The maximum Gasteiger partial charge on any atom is 0.247 e. The van der Waals surface area contributed by atoms with Crippen LogP contribution in [0, 0.1) is 0 Å². The largest absolute Gasteiger partial charge is 0.336 e. The zero-order chi connectivity index (χ0) is 15.4. The van der Waals surface area contributed by atoms with Crippen molar-refractivity contribution in [3.8, 4) is 0 Å². The molecule has 1 fully saturated rings. The van der Waals surface area contributed by atoms with Crippen molar-refractivity contribution >= 4 is 36.6 Å². The van der Waals surface area contributed by atoms with Crippen molar-refractivity contribution in [3.05, 3.63) is 18.5 Å². The SMILES string of the molecule is CC(C(=O)N(C)CC(=O)N1CCNC[C@H]1C)n1cccn1.Cl.Cl. The van der Waals surface area contributed by atoms with Crippen LogP contribution in [0.5, 0.6) is 0 Å². The fraction of sp³-hybridized carbons (Fsp3) is 0.643. The first-order chi connectivity index (χ1) is 10.0. The van der Waals surface area contributed by atoms with Crippen molar-refractivity contribution in [2.24, 2.45) is 0 Å². The number of nitrogens with zero attached hydrogens (tertiary/aromatic N) is 4. The zero-order valence-corrected chi connectivity index (χ0v) is 15.3. The van der Waals surface area contributed by atoms with Crippen LogP contribution < -0.4 is 5.32 Å². The Morgan fingerprint density at radius 1 is 1.43 bits per heavy atom. The molecule has 0 aliphatic carbocycles. The van der Waals surface area contributed by atoms with E-state index in [0.717, 1.165) is 13.1 Å². The number of carbonyl (C=O) groups excluding carboxylic acids is 2. The van der Waals surface area contributed by atoms with Crippen LogP contribution in [0.25, 0.3) is 0 Å². The van der Waals surface area contributed by atoms with Crippen molar-refractivity contribution < 1.29 is 9.59 Å². The smallest absolute Gasteiger partial charge is 0.247 e. The Morgan fingerprint density at radius 3 is 2.70 bits per heavy atom. The normalized spacial score (nSPS) is 18.4. The van der Waals surface area contributed by atoms with E-state index in [0.29, 0.717) is 6.54 Å². The summed E-state index contributed by atoms with van der Waals surface area (Å²) in [6.07, 6.45) is 3.38. The minimum Gasteiger partial charge on any atom is -0.336 e. The van der Waals surface area contributed by atoms with E-state index in [9.17, 15) is 9.59 Å². The van der Waals surface area contributed by atoms with Crippen molar-refractivity contribution in [3.63, 3.8) is 0 Å². The van der Waals surface area contributed by atoms with Gasteiger partial charge in [-0.05, 0) is 19.9 Å². The second-order valence-electron chi connectivity index (χ2n) is 5.50. The zero-order valence-electron chi connectivity index (χ0n) is 13.6. The summed E-state index contributed by atoms with van der Waals surface area (Å²) in [5.41, 5.74) is 0. The molecule has 0 aromatic carbocycles. The maximum absolute atomic E-state index is 12.3. The van der Waals surface area contributed by atoms with Gasteiger partial charge in [0, 0.05) is 45.1 Å². The number of aromatic nitrogens is 2. The molecule has 2 rings (SSSR count). The van der Waals surface area contributed by atoms with E-state index in [4.69, 9.17) is 0 Å². The molecule has 7 nitrogen and oxygen atoms in total. The molecule has 9 heteroatoms. The lowest BCUT2D eigenvalue weighted by molar-refractivity contribution is -0.142. The van der Waals surface area contributed by atoms with Gasteiger partial charge in [-0.1, -0.05) is 0 Å². The van der Waals surface area contributed by atoms with Crippen molar-refractivity contribution in [2.75, 3.05) is 33.2 Å². The number of carbonyl (C=O) groups is 2. The molecule has 132 valence electrons. The number of nitrogens with one attached hydrogen (secondary N) is 1. The fourth-order valence-electron chi connectivity index (χ4n) is 2.53. The molecule has 0 spiro atoms. The number of hydrogen-bond acceptors (Lipinski definition) is 4. The van der Waals surface area contributed by atoms with Gasteiger partial charge in [0.05, 0.1) is 6.54 Å². The van der Waals surface area contributed by atoms with E-state index in [1.807, 2.05) is 11.8 Å². The fourth-order valence-corrected chi connectivity index (χ4v) is 2.53. The third-order valence-corrected chi connectivity index (χ3v) is 3.85. The summed E-state index contributed by atoms with van der Waals surface area (Å²) in [5.74, 6) is -0.123. The topological polar surface area (TPSA) is 70.5 Å². The highest BCUT2D eigenvalue weighted by atomic mass is 35.5. The van der Waals surface area contributed by atoms with Gasteiger partial charge in [-0.3, -0.25) is 14.3 Å². The molecule has 1 aliphatic heterocycles. The number of rotatable bonds is 4. The summed E-state index contributed by atoms with van der Waals surface area (Å²) < 4.78 is 1.59. The van der Waals surface area contributed by atoms with E-state index in [1.165, 1.54) is 4.90 Å². The van der Waals surface area contributed by atoms with Gasteiger partial charge in [0.1, 0.15) is 6.04 Å². The lowest BCUT2D eigenvalue weighted by atomic mass is 10.2. The Balaban J connectivity index is 0.00000242. The molecule has 1 N–H and O–H groups in total. The Bertz CT molecular complexity index is 497.